The highest BCUT2D eigenvalue weighted by Gasteiger charge is 2.15. The highest BCUT2D eigenvalue weighted by Crippen LogP contribution is 2.27. The topological polar surface area (TPSA) is 68.5 Å². The SMILES string of the molecule is Cc1cccc(C(C)C)c1NC(=O)COC(=O)c1ccco1. The van der Waals surface area contributed by atoms with Gasteiger partial charge in [-0.05, 0) is 36.1 Å². The van der Waals surface area contributed by atoms with E-state index in [9.17, 15) is 9.59 Å². The Balaban J connectivity index is 1.99. The molecule has 5 nitrogen and oxygen atoms in total. The number of para-hydroxylation sites is 1. The molecule has 0 bridgehead atoms. The summed E-state index contributed by atoms with van der Waals surface area (Å²) in [5.41, 5.74) is 2.79. The molecule has 0 unspecified atom stereocenters. The fraction of sp³-hybridized carbons (Fsp3) is 0.294. The summed E-state index contributed by atoms with van der Waals surface area (Å²) in [6.07, 6.45) is 1.37. The van der Waals surface area contributed by atoms with Crippen LogP contribution in [0.25, 0.3) is 0 Å². The first kappa shape index (κ1) is 15.8. The number of benzene rings is 1. The van der Waals surface area contributed by atoms with Crippen LogP contribution in [0.1, 0.15) is 41.4 Å². The van der Waals surface area contributed by atoms with Gasteiger partial charge in [0.1, 0.15) is 0 Å². The van der Waals surface area contributed by atoms with Crippen LogP contribution in [0.5, 0.6) is 0 Å². The number of ether oxygens (including phenoxy) is 1. The van der Waals surface area contributed by atoms with Crippen LogP contribution in [-0.4, -0.2) is 18.5 Å². The average molecular weight is 301 g/mol. The van der Waals surface area contributed by atoms with Gasteiger partial charge in [-0.15, -0.1) is 0 Å². The van der Waals surface area contributed by atoms with E-state index in [-0.39, 0.29) is 24.2 Å². The van der Waals surface area contributed by atoms with Crippen molar-refractivity contribution in [3.05, 3.63) is 53.5 Å². The number of hydrogen-bond acceptors (Lipinski definition) is 4. The molecule has 22 heavy (non-hydrogen) atoms. The van der Waals surface area contributed by atoms with Crippen LogP contribution in [0.4, 0.5) is 5.69 Å². The average Bonchev–Trinajstić information content (AvgIpc) is 3.01. The van der Waals surface area contributed by atoms with Crippen molar-refractivity contribution in [1.29, 1.82) is 0 Å². The molecule has 1 heterocycles. The van der Waals surface area contributed by atoms with E-state index in [2.05, 4.69) is 19.2 Å². The second-order valence-electron chi connectivity index (χ2n) is 5.30. The van der Waals surface area contributed by atoms with Crippen molar-refractivity contribution >= 4 is 17.6 Å². The Morgan fingerprint density at radius 1 is 1.23 bits per heavy atom. The number of nitrogens with one attached hydrogen (secondary N) is 1. The summed E-state index contributed by atoms with van der Waals surface area (Å²) in [6.45, 7) is 5.69. The van der Waals surface area contributed by atoms with Crippen molar-refractivity contribution in [2.45, 2.75) is 26.7 Å². The van der Waals surface area contributed by atoms with Gasteiger partial charge in [0.15, 0.2) is 6.61 Å². The minimum Gasteiger partial charge on any atom is -0.457 e. The molecule has 116 valence electrons. The van der Waals surface area contributed by atoms with Gasteiger partial charge in [0.05, 0.1) is 6.26 Å². The zero-order chi connectivity index (χ0) is 16.1. The minimum atomic E-state index is -0.658. The summed E-state index contributed by atoms with van der Waals surface area (Å²) in [5.74, 6) is -0.683. The van der Waals surface area contributed by atoms with Gasteiger partial charge >= 0.3 is 5.97 Å². The van der Waals surface area contributed by atoms with Crippen molar-refractivity contribution in [2.24, 2.45) is 0 Å². The Morgan fingerprint density at radius 3 is 2.64 bits per heavy atom. The van der Waals surface area contributed by atoms with E-state index in [0.717, 1.165) is 16.8 Å². The van der Waals surface area contributed by atoms with Crippen LogP contribution in [-0.2, 0) is 9.53 Å². The number of anilines is 1. The van der Waals surface area contributed by atoms with E-state index in [0.29, 0.717) is 0 Å². The Bertz CT molecular complexity index is 659. The van der Waals surface area contributed by atoms with Crippen LogP contribution < -0.4 is 5.32 Å². The molecule has 2 rings (SSSR count). The van der Waals surface area contributed by atoms with Crippen LogP contribution in [0.2, 0.25) is 0 Å². The minimum absolute atomic E-state index is 0.0755. The lowest BCUT2D eigenvalue weighted by atomic mass is 9.98. The lowest BCUT2D eigenvalue weighted by Crippen LogP contribution is -2.22. The third kappa shape index (κ3) is 3.75. The molecule has 0 saturated heterocycles. The predicted octanol–water partition coefficient (Wildman–Crippen LogP) is 3.51. The molecule has 0 saturated carbocycles. The second-order valence-corrected chi connectivity index (χ2v) is 5.30. The van der Waals surface area contributed by atoms with Crippen molar-refractivity contribution in [3.63, 3.8) is 0 Å². The van der Waals surface area contributed by atoms with Gasteiger partial charge in [-0.3, -0.25) is 4.79 Å². The lowest BCUT2D eigenvalue weighted by Gasteiger charge is -2.16. The highest BCUT2D eigenvalue weighted by molar-refractivity contribution is 5.95. The Morgan fingerprint density at radius 2 is 2.00 bits per heavy atom. The fourth-order valence-corrected chi connectivity index (χ4v) is 2.11. The van der Waals surface area contributed by atoms with Gasteiger partial charge in [0.25, 0.3) is 5.91 Å². The van der Waals surface area contributed by atoms with Gasteiger partial charge in [-0.1, -0.05) is 32.0 Å². The van der Waals surface area contributed by atoms with Crippen LogP contribution in [0, 0.1) is 6.92 Å². The molecule has 0 spiro atoms. The number of furan rings is 1. The second kappa shape index (κ2) is 6.93. The number of rotatable bonds is 5. The molecular weight excluding hydrogens is 282 g/mol. The summed E-state index contributed by atoms with van der Waals surface area (Å²) < 4.78 is 9.83. The van der Waals surface area contributed by atoms with E-state index in [1.165, 1.54) is 12.3 Å². The number of hydrogen-bond donors (Lipinski definition) is 1. The van der Waals surface area contributed by atoms with Crippen molar-refractivity contribution in [3.8, 4) is 0 Å². The summed E-state index contributed by atoms with van der Waals surface area (Å²) in [5, 5.41) is 2.81. The maximum atomic E-state index is 12.0. The fourth-order valence-electron chi connectivity index (χ4n) is 2.11. The summed E-state index contributed by atoms with van der Waals surface area (Å²) >= 11 is 0. The molecule has 5 heteroatoms. The predicted molar refractivity (Wildman–Crippen MR) is 82.9 cm³/mol. The summed E-state index contributed by atoms with van der Waals surface area (Å²) in [7, 11) is 0. The van der Waals surface area contributed by atoms with Crippen molar-refractivity contribution < 1.29 is 18.7 Å². The molecule has 2 aromatic rings. The van der Waals surface area contributed by atoms with E-state index in [1.807, 2.05) is 25.1 Å². The Hall–Kier alpha value is -2.56. The number of carbonyl (C=O) groups is 2. The number of amides is 1. The first-order valence-electron chi connectivity index (χ1n) is 7.09. The standard InChI is InChI=1S/C17H19NO4/c1-11(2)13-7-4-6-12(3)16(13)18-15(19)10-22-17(20)14-8-5-9-21-14/h4-9,11H,10H2,1-3H3,(H,18,19). The zero-order valence-corrected chi connectivity index (χ0v) is 12.9. The third-order valence-corrected chi connectivity index (χ3v) is 3.25. The van der Waals surface area contributed by atoms with Crippen LogP contribution in [0.3, 0.4) is 0 Å². The largest absolute Gasteiger partial charge is 0.457 e. The van der Waals surface area contributed by atoms with Gasteiger partial charge in [-0.2, -0.15) is 0 Å². The van der Waals surface area contributed by atoms with E-state index < -0.39 is 5.97 Å². The summed E-state index contributed by atoms with van der Waals surface area (Å²) in [4.78, 5) is 23.6. The van der Waals surface area contributed by atoms with Crippen molar-refractivity contribution in [2.75, 3.05) is 11.9 Å². The number of carbonyl (C=O) groups excluding carboxylic acids is 2. The first-order valence-corrected chi connectivity index (χ1v) is 7.09. The molecule has 0 radical (unpaired) electrons. The zero-order valence-electron chi connectivity index (χ0n) is 12.9. The monoisotopic (exact) mass is 301 g/mol. The molecule has 1 aromatic carbocycles. The maximum absolute atomic E-state index is 12.0. The number of esters is 1. The van der Waals surface area contributed by atoms with Crippen LogP contribution >= 0.6 is 0 Å². The summed E-state index contributed by atoms with van der Waals surface area (Å²) in [6, 6.07) is 8.92. The molecule has 1 N–H and O–H groups in total. The molecule has 1 aromatic heterocycles. The number of aryl methyl sites for hydroxylation is 1. The first-order chi connectivity index (χ1) is 10.5. The normalized spacial score (nSPS) is 10.5. The highest BCUT2D eigenvalue weighted by atomic mass is 16.5. The Kier molecular flexibility index (Phi) is 4.99. The molecule has 0 fully saturated rings. The van der Waals surface area contributed by atoms with E-state index in [4.69, 9.17) is 9.15 Å². The van der Waals surface area contributed by atoms with Gasteiger partial charge in [0.2, 0.25) is 5.76 Å². The van der Waals surface area contributed by atoms with Gasteiger partial charge in [0, 0.05) is 5.69 Å². The molecular formula is C17H19NO4. The maximum Gasteiger partial charge on any atom is 0.374 e. The van der Waals surface area contributed by atoms with E-state index >= 15 is 0 Å². The third-order valence-electron chi connectivity index (χ3n) is 3.25. The Labute approximate surface area is 129 Å². The molecule has 0 aliphatic carbocycles. The van der Waals surface area contributed by atoms with Crippen molar-refractivity contribution in [1.82, 2.24) is 0 Å². The van der Waals surface area contributed by atoms with E-state index in [1.54, 1.807) is 6.07 Å². The molecule has 1 amide bonds. The van der Waals surface area contributed by atoms with Gasteiger partial charge < -0.3 is 14.5 Å². The molecule has 0 atom stereocenters. The molecule has 0 aliphatic rings. The smallest absolute Gasteiger partial charge is 0.374 e. The lowest BCUT2D eigenvalue weighted by molar-refractivity contribution is -0.119. The molecule has 0 aliphatic heterocycles. The quantitative estimate of drug-likeness (QED) is 0.858. The van der Waals surface area contributed by atoms with Crippen LogP contribution in [0.15, 0.2) is 41.0 Å². The van der Waals surface area contributed by atoms with Gasteiger partial charge in [-0.25, -0.2) is 4.79 Å².